The molecule has 1 aliphatic carbocycles. The van der Waals surface area contributed by atoms with Crippen LogP contribution >= 0.6 is 11.6 Å². The molecule has 3 nitrogen and oxygen atoms in total. The first-order valence-corrected chi connectivity index (χ1v) is 9.54. The van der Waals surface area contributed by atoms with Crippen LogP contribution in [0.15, 0.2) is 18.2 Å². The Morgan fingerprint density at radius 1 is 1.08 bits per heavy atom. The van der Waals surface area contributed by atoms with E-state index in [1.807, 2.05) is 18.2 Å². The van der Waals surface area contributed by atoms with Crippen molar-refractivity contribution in [3.05, 3.63) is 28.8 Å². The minimum atomic E-state index is -0.338. The molecule has 0 amide bonds. The summed E-state index contributed by atoms with van der Waals surface area (Å²) in [7, 11) is -0.338. The van der Waals surface area contributed by atoms with Crippen molar-refractivity contribution in [1.82, 2.24) is 5.32 Å². The lowest BCUT2D eigenvalue weighted by atomic mass is 9.76. The van der Waals surface area contributed by atoms with Crippen molar-refractivity contribution >= 4 is 24.2 Å². The third kappa shape index (κ3) is 3.82. The zero-order valence-corrected chi connectivity index (χ0v) is 16.1. The van der Waals surface area contributed by atoms with Crippen molar-refractivity contribution in [1.29, 1.82) is 0 Å². The van der Waals surface area contributed by atoms with Crippen LogP contribution in [0.5, 0.6) is 0 Å². The van der Waals surface area contributed by atoms with Gasteiger partial charge in [0.25, 0.3) is 0 Å². The van der Waals surface area contributed by atoms with Crippen LogP contribution in [0.3, 0.4) is 0 Å². The number of rotatable bonds is 4. The third-order valence-corrected chi connectivity index (χ3v) is 6.03. The van der Waals surface area contributed by atoms with E-state index in [0.29, 0.717) is 6.04 Å². The molecule has 132 valence electrons. The Labute approximate surface area is 151 Å². The Kier molecular flexibility index (Phi) is 5.32. The second-order valence-corrected chi connectivity index (χ2v) is 8.58. The summed E-state index contributed by atoms with van der Waals surface area (Å²) >= 11 is 6.25. The molecule has 1 aliphatic heterocycles. The molecule has 0 radical (unpaired) electrons. The highest BCUT2D eigenvalue weighted by Gasteiger charge is 2.52. The number of hydrogen-bond acceptors (Lipinski definition) is 3. The van der Waals surface area contributed by atoms with Crippen LogP contribution in [0.4, 0.5) is 0 Å². The predicted molar refractivity (Wildman–Crippen MR) is 101 cm³/mol. The minimum Gasteiger partial charge on any atom is -0.399 e. The Morgan fingerprint density at radius 3 is 2.33 bits per heavy atom. The first-order chi connectivity index (χ1) is 11.3. The van der Waals surface area contributed by atoms with Gasteiger partial charge in [-0.1, -0.05) is 36.9 Å². The molecule has 2 aliphatic rings. The molecular formula is C19H29BClNO2. The lowest BCUT2D eigenvalue weighted by Crippen LogP contribution is -2.41. The molecule has 1 heterocycles. The summed E-state index contributed by atoms with van der Waals surface area (Å²) in [5.41, 5.74) is 1.60. The Hall–Kier alpha value is -0.545. The second kappa shape index (κ2) is 6.99. The lowest BCUT2D eigenvalue weighted by molar-refractivity contribution is 0.00578. The van der Waals surface area contributed by atoms with Crippen molar-refractivity contribution in [2.45, 2.75) is 83.6 Å². The summed E-state index contributed by atoms with van der Waals surface area (Å²) in [4.78, 5) is 0. The Bertz CT molecular complexity index is 569. The van der Waals surface area contributed by atoms with Gasteiger partial charge in [-0.3, -0.25) is 0 Å². The zero-order valence-electron chi connectivity index (χ0n) is 15.3. The highest BCUT2D eigenvalue weighted by Crippen LogP contribution is 2.36. The van der Waals surface area contributed by atoms with E-state index >= 15 is 0 Å². The number of hydrogen-bond donors (Lipinski definition) is 1. The van der Waals surface area contributed by atoms with E-state index < -0.39 is 0 Å². The van der Waals surface area contributed by atoms with Gasteiger partial charge in [-0.25, -0.2) is 0 Å². The molecule has 1 aromatic rings. The van der Waals surface area contributed by atoms with E-state index in [1.165, 1.54) is 37.7 Å². The van der Waals surface area contributed by atoms with E-state index in [4.69, 9.17) is 20.9 Å². The first-order valence-electron chi connectivity index (χ1n) is 9.16. The predicted octanol–water partition coefficient (Wildman–Crippen LogP) is 4.06. The highest BCUT2D eigenvalue weighted by atomic mass is 35.5. The molecule has 0 bridgehead atoms. The van der Waals surface area contributed by atoms with Gasteiger partial charge in [-0.2, -0.15) is 0 Å². The van der Waals surface area contributed by atoms with Gasteiger partial charge < -0.3 is 14.6 Å². The average Bonchev–Trinajstić information content (AvgIpc) is 2.74. The van der Waals surface area contributed by atoms with Gasteiger partial charge in [-0.05, 0) is 63.7 Å². The SMILES string of the molecule is CC1(C)OB(c2ccc(Cl)cc2CNC2CCCCC2)OC1(C)C. The fourth-order valence-electron chi connectivity index (χ4n) is 3.49. The highest BCUT2D eigenvalue weighted by molar-refractivity contribution is 6.62. The van der Waals surface area contributed by atoms with Crippen LogP contribution in [0.1, 0.15) is 65.4 Å². The summed E-state index contributed by atoms with van der Waals surface area (Å²) in [6.45, 7) is 9.15. The lowest BCUT2D eigenvalue weighted by Gasteiger charge is -2.32. The van der Waals surface area contributed by atoms with Gasteiger partial charge in [0, 0.05) is 17.6 Å². The monoisotopic (exact) mass is 349 g/mol. The molecular weight excluding hydrogens is 320 g/mol. The fourth-order valence-corrected chi connectivity index (χ4v) is 3.68. The van der Waals surface area contributed by atoms with Crippen molar-refractivity contribution < 1.29 is 9.31 Å². The van der Waals surface area contributed by atoms with E-state index in [1.54, 1.807) is 0 Å². The van der Waals surface area contributed by atoms with E-state index in [9.17, 15) is 0 Å². The van der Waals surface area contributed by atoms with Gasteiger partial charge in [0.15, 0.2) is 0 Å². The molecule has 5 heteroatoms. The van der Waals surface area contributed by atoms with Gasteiger partial charge >= 0.3 is 7.12 Å². The van der Waals surface area contributed by atoms with Crippen LogP contribution in [0.25, 0.3) is 0 Å². The molecule has 1 aromatic carbocycles. The molecule has 0 unspecified atom stereocenters. The second-order valence-electron chi connectivity index (χ2n) is 8.15. The maximum Gasteiger partial charge on any atom is 0.495 e. The first kappa shape index (κ1) is 18.3. The van der Waals surface area contributed by atoms with Crippen LogP contribution in [0, 0.1) is 0 Å². The van der Waals surface area contributed by atoms with Gasteiger partial charge in [0.1, 0.15) is 0 Å². The molecule has 0 atom stereocenters. The molecule has 2 fully saturated rings. The Morgan fingerprint density at radius 2 is 1.71 bits per heavy atom. The molecule has 3 rings (SSSR count). The summed E-state index contributed by atoms with van der Waals surface area (Å²) in [6.07, 6.45) is 6.57. The quantitative estimate of drug-likeness (QED) is 0.831. The van der Waals surface area contributed by atoms with E-state index in [-0.39, 0.29) is 18.3 Å². The summed E-state index contributed by atoms with van der Waals surface area (Å²) in [5, 5.41) is 4.46. The van der Waals surface area contributed by atoms with Gasteiger partial charge in [0.05, 0.1) is 11.2 Å². The van der Waals surface area contributed by atoms with E-state index in [2.05, 4.69) is 33.0 Å². The average molecular weight is 350 g/mol. The number of benzene rings is 1. The molecule has 24 heavy (non-hydrogen) atoms. The third-order valence-electron chi connectivity index (χ3n) is 5.80. The van der Waals surface area contributed by atoms with Crippen LogP contribution in [-0.4, -0.2) is 24.4 Å². The summed E-state index contributed by atoms with van der Waals surface area (Å²) in [6, 6.07) is 6.62. The van der Waals surface area contributed by atoms with Crippen molar-refractivity contribution in [2.24, 2.45) is 0 Å². The summed E-state index contributed by atoms with van der Waals surface area (Å²) in [5.74, 6) is 0. The fraction of sp³-hybridized carbons (Fsp3) is 0.684. The molecule has 0 aromatic heterocycles. The molecule has 1 saturated carbocycles. The van der Waals surface area contributed by atoms with Crippen molar-refractivity contribution in [3.8, 4) is 0 Å². The standard InChI is InChI=1S/C19H29BClNO2/c1-18(2)19(3,4)24-20(23-18)17-11-10-15(21)12-14(17)13-22-16-8-6-5-7-9-16/h10-12,16,22H,5-9,13H2,1-4H3. The summed E-state index contributed by atoms with van der Waals surface area (Å²) < 4.78 is 12.5. The van der Waals surface area contributed by atoms with Crippen LogP contribution in [0.2, 0.25) is 5.02 Å². The van der Waals surface area contributed by atoms with Crippen LogP contribution < -0.4 is 10.8 Å². The van der Waals surface area contributed by atoms with Crippen molar-refractivity contribution in [2.75, 3.05) is 0 Å². The van der Waals surface area contributed by atoms with Crippen LogP contribution in [-0.2, 0) is 15.9 Å². The topological polar surface area (TPSA) is 30.5 Å². The van der Waals surface area contributed by atoms with E-state index in [0.717, 1.165) is 17.0 Å². The Balaban J connectivity index is 1.76. The van der Waals surface area contributed by atoms with Crippen molar-refractivity contribution in [3.63, 3.8) is 0 Å². The maximum atomic E-state index is 6.25. The number of nitrogens with one attached hydrogen (secondary N) is 1. The number of halogens is 1. The molecule has 0 spiro atoms. The molecule has 1 saturated heterocycles. The molecule has 1 N–H and O–H groups in total. The van der Waals surface area contributed by atoms with Gasteiger partial charge in [-0.15, -0.1) is 0 Å². The smallest absolute Gasteiger partial charge is 0.399 e. The minimum absolute atomic E-state index is 0.328. The zero-order chi connectivity index (χ0) is 17.4. The maximum absolute atomic E-state index is 6.25. The normalized spacial score (nSPS) is 23.6. The van der Waals surface area contributed by atoms with Gasteiger partial charge in [0.2, 0.25) is 0 Å². The largest absolute Gasteiger partial charge is 0.495 e.